The van der Waals surface area contributed by atoms with Crippen molar-refractivity contribution in [3.63, 3.8) is 0 Å². The van der Waals surface area contributed by atoms with E-state index >= 15 is 0 Å². The van der Waals surface area contributed by atoms with E-state index < -0.39 is 0 Å². The van der Waals surface area contributed by atoms with E-state index in [0.717, 1.165) is 38.9 Å². The molecule has 1 aromatic carbocycles. The van der Waals surface area contributed by atoms with E-state index in [2.05, 4.69) is 41.0 Å². The summed E-state index contributed by atoms with van der Waals surface area (Å²) in [7, 11) is 0. The van der Waals surface area contributed by atoms with Crippen molar-refractivity contribution >= 4 is 11.6 Å². The molecule has 2 aliphatic heterocycles. The van der Waals surface area contributed by atoms with E-state index in [1.54, 1.807) is 0 Å². The lowest BCUT2D eigenvalue weighted by Gasteiger charge is -2.38. The maximum atomic E-state index is 11.6. The molecule has 0 aliphatic carbocycles. The highest BCUT2D eigenvalue weighted by atomic mass is 16.2. The Morgan fingerprint density at radius 1 is 1.22 bits per heavy atom. The molecule has 3 nitrogen and oxygen atoms in total. The van der Waals surface area contributed by atoms with Crippen molar-refractivity contribution < 1.29 is 4.79 Å². The minimum atomic E-state index is 0.348. The monoisotopic (exact) mass is 244 g/mol. The van der Waals surface area contributed by atoms with Crippen LogP contribution in [-0.4, -0.2) is 36.5 Å². The van der Waals surface area contributed by atoms with Crippen LogP contribution in [0.3, 0.4) is 0 Å². The highest BCUT2D eigenvalue weighted by Gasteiger charge is 2.35. The molecule has 96 valence electrons. The number of benzene rings is 1. The molecule has 3 rings (SSSR count). The molecular weight excluding hydrogens is 224 g/mol. The normalized spacial score (nSPS) is 23.4. The van der Waals surface area contributed by atoms with E-state index in [9.17, 15) is 4.79 Å². The van der Waals surface area contributed by atoms with Gasteiger partial charge in [0.15, 0.2) is 0 Å². The summed E-state index contributed by atoms with van der Waals surface area (Å²) in [5.41, 5.74) is 2.68. The fourth-order valence-corrected chi connectivity index (χ4v) is 3.04. The van der Waals surface area contributed by atoms with Crippen LogP contribution in [0.15, 0.2) is 24.3 Å². The van der Waals surface area contributed by atoms with E-state index in [-0.39, 0.29) is 0 Å². The Hall–Kier alpha value is -1.51. The number of amides is 1. The Morgan fingerprint density at radius 2 is 2.00 bits per heavy atom. The average molecular weight is 244 g/mol. The molecule has 0 N–H and O–H groups in total. The molecule has 1 unspecified atom stereocenters. The number of fused-ring (bicyclic) bond motifs is 1. The van der Waals surface area contributed by atoms with E-state index in [1.165, 1.54) is 11.3 Å². The third-order valence-electron chi connectivity index (χ3n) is 4.20. The van der Waals surface area contributed by atoms with Gasteiger partial charge >= 0.3 is 0 Å². The van der Waals surface area contributed by atoms with Crippen molar-refractivity contribution in [3.8, 4) is 0 Å². The quantitative estimate of drug-likeness (QED) is 0.795. The molecule has 1 atom stereocenters. The second kappa shape index (κ2) is 4.63. The first-order chi connectivity index (χ1) is 8.78. The van der Waals surface area contributed by atoms with Crippen LogP contribution in [0.25, 0.3) is 0 Å². The number of anilines is 1. The number of carbonyl (C=O) groups excluding carboxylic acids is 1. The molecule has 3 heteroatoms. The summed E-state index contributed by atoms with van der Waals surface area (Å²) in [5, 5.41) is 0. The summed E-state index contributed by atoms with van der Waals surface area (Å²) in [4.78, 5) is 16.1. The topological polar surface area (TPSA) is 23.6 Å². The second-order valence-electron chi connectivity index (χ2n) is 5.25. The molecule has 1 aromatic rings. The lowest BCUT2D eigenvalue weighted by atomic mass is 10.1. The Balaban J connectivity index is 1.72. The third kappa shape index (κ3) is 1.98. The second-order valence-corrected chi connectivity index (χ2v) is 5.25. The standard InChI is InChI=1S/C15H20N2O/c1-2-12-3-5-13(6-4-12)16-9-10-17-14(11-16)7-8-15(17)18/h3-6,14H,2,7-11H2,1H3. The predicted molar refractivity (Wildman–Crippen MR) is 72.8 cm³/mol. The van der Waals surface area contributed by atoms with Crippen molar-refractivity contribution in [1.82, 2.24) is 4.90 Å². The van der Waals surface area contributed by atoms with Crippen LogP contribution in [0.1, 0.15) is 25.3 Å². The van der Waals surface area contributed by atoms with Gasteiger partial charge in [0.05, 0.1) is 0 Å². The molecule has 0 spiro atoms. The molecule has 18 heavy (non-hydrogen) atoms. The van der Waals surface area contributed by atoms with Crippen LogP contribution in [-0.2, 0) is 11.2 Å². The number of hydrogen-bond acceptors (Lipinski definition) is 2. The van der Waals surface area contributed by atoms with Crippen molar-refractivity contribution in [1.29, 1.82) is 0 Å². The summed E-state index contributed by atoms with van der Waals surface area (Å²) in [5.74, 6) is 0.348. The zero-order valence-electron chi connectivity index (χ0n) is 10.9. The maximum absolute atomic E-state index is 11.6. The molecule has 2 fully saturated rings. The Labute approximate surface area is 108 Å². The predicted octanol–water partition coefficient (Wildman–Crippen LogP) is 2.06. The number of nitrogens with zero attached hydrogens (tertiary/aromatic N) is 2. The minimum Gasteiger partial charge on any atom is -0.368 e. The van der Waals surface area contributed by atoms with E-state index in [1.807, 2.05) is 0 Å². The highest BCUT2D eigenvalue weighted by Crippen LogP contribution is 2.26. The smallest absolute Gasteiger partial charge is 0.223 e. The summed E-state index contributed by atoms with van der Waals surface area (Å²) in [6.07, 6.45) is 2.86. The van der Waals surface area contributed by atoms with Gasteiger partial charge in [-0.3, -0.25) is 4.79 Å². The van der Waals surface area contributed by atoms with E-state index in [4.69, 9.17) is 0 Å². The average Bonchev–Trinajstić information content (AvgIpc) is 2.80. The first-order valence-electron chi connectivity index (χ1n) is 6.91. The van der Waals surface area contributed by atoms with Gasteiger partial charge in [0.25, 0.3) is 0 Å². The van der Waals surface area contributed by atoms with Crippen LogP contribution in [0, 0.1) is 0 Å². The van der Waals surface area contributed by atoms with Gasteiger partial charge in [0.1, 0.15) is 0 Å². The van der Waals surface area contributed by atoms with Crippen LogP contribution in [0.4, 0.5) is 5.69 Å². The van der Waals surface area contributed by atoms with Gasteiger partial charge in [-0.05, 0) is 30.5 Å². The maximum Gasteiger partial charge on any atom is 0.223 e. The summed E-state index contributed by atoms with van der Waals surface area (Å²) >= 11 is 0. The minimum absolute atomic E-state index is 0.348. The van der Waals surface area contributed by atoms with Gasteiger partial charge in [-0.25, -0.2) is 0 Å². The molecule has 2 heterocycles. The van der Waals surface area contributed by atoms with Gasteiger partial charge in [0, 0.05) is 37.8 Å². The Bertz CT molecular complexity index is 440. The molecule has 0 aromatic heterocycles. The number of hydrogen-bond donors (Lipinski definition) is 0. The zero-order valence-corrected chi connectivity index (χ0v) is 10.9. The fourth-order valence-electron chi connectivity index (χ4n) is 3.04. The Morgan fingerprint density at radius 3 is 2.72 bits per heavy atom. The first-order valence-corrected chi connectivity index (χ1v) is 6.91. The lowest BCUT2D eigenvalue weighted by Crippen LogP contribution is -2.51. The molecular formula is C15H20N2O. The van der Waals surface area contributed by atoms with Crippen molar-refractivity contribution in [2.45, 2.75) is 32.2 Å². The van der Waals surface area contributed by atoms with Crippen LogP contribution in [0.2, 0.25) is 0 Å². The third-order valence-corrected chi connectivity index (χ3v) is 4.20. The molecule has 0 radical (unpaired) electrons. The Kier molecular flexibility index (Phi) is 2.98. The largest absolute Gasteiger partial charge is 0.368 e. The summed E-state index contributed by atoms with van der Waals surface area (Å²) in [6, 6.07) is 9.29. The van der Waals surface area contributed by atoms with Crippen LogP contribution >= 0.6 is 0 Å². The highest BCUT2D eigenvalue weighted by molar-refractivity contribution is 5.79. The van der Waals surface area contributed by atoms with Gasteiger partial charge < -0.3 is 9.80 Å². The fraction of sp³-hybridized carbons (Fsp3) is 0.533. The van der Waals surface area contributed by atoms with Crippen molar-refractivity contribution in [2.24, 2.45) is 0 Å². The van der Waals surface area contributed by atoms with Gasteiger partial charge in [-0.15, -0.1) is 0 Å². The van der Waals surface area contributed by atoms with Gasteiger partial charge in [0.2, 0.25) is 5.91 Å². The van der Waals surface area contributed by atoms with Crippen LogP contribution in [0.5, 0.6) is 0 Å². The summed E-state index contributed by atoms with van der Waals surface area (Å²) in [6.45, 7) is 5.03. The first kappa shape index (κ1) is 11.6. The van der Waals surface area contributed by atoms with Crippen molar-refractivity contribution in [2.75, 3.05) is 24.5 Å². The number of rotatable bonds is 2. The molecule has 2 aliphatic rings. The van der Waals surface area contributed by atoms with Gasteiger partial charge in [-0.1, -0.05) is 19.1 Å². The number of piperazine rings is 1. The molecule has 2 saturated heterocycles. The molecule has 1 amide bonds. The van der Waals surface area contributed by atoms with Crippen LogP contribution < -0.4 is 4.90 Å². The summed E-state index contributed by atoms with van der Waals surface area (Å²) < 4.78 is 0. The van der Waals surface area contributed by atoms with Crippen molar-refractivity contribution in [3.05, 3.63) is 29.8 Å². The molecule has 0 saturated carbocycles. The lowest BCUT2D eigenvalue weighted by molar-refractivity contribution is -0.129. The van der Waals surface area contributed by atoms with E-state index in [0.29, 0.717) is 11.9 Å². The number of carbonyl (C=O) groups is 1. The SMILES string of the molecule is CCc1ccc(N2CCN3C(=O)CCC3C2)cc1. The zero-order chi connectivity index (χ0) is 12.5. The number of aryl methyl sites for hydroxylation is 1. The molecule has 0 bridgehead atoms. The van der Waals surface area contributed by atoms with Gasteiger partial charge in [-0.2, -0.15) is 0 Å².